The average Bonchev–Trinajstić information content (AvgIpc) is 3.56. The van der Waals surface area contributed by atoms with Crippen LogP contribution >= 0.6 is 0 Å². The molecule has 1 aliphatic heterocycles. The largest absolute Gasteiger partial charge is 0.351 e. The Hall–Kier alpha value is -5.22. The molecule has 4 aromatic carbocycles. The van der Waals surface area contributed by atoms with Crippen molar-refractivity contribution in [2.75, 3.05) is 25.0 Å². The zero-order valence-electron chi connectivity index (χ0n) is 24.6. The quantitative estimate of drug-likeness (QED) is 0.232. The van der Waals surface area contributed by atoms with Crippen LogP contribution in [0.4, 0.5) is 5.82 Å². The van der Waals surface area contributed by atoms with E-state index >= 15 is 0 Å². The molecule has 45 heavy (non-hydrogen) atoms. The number of imidazole rings is 1. The minimum atomic E-state index is -0.639. The molecule has 1 aliphatic rings. The number of amides is 1. The zero-order chi connectivity index (χ0) is 30.6. The van der Waals surface area contributed by atoms with E-state index in [9.17, 15) is 4.79 Å². The van der Waals surface area contributed by atoms with Gasteiger partial charge in [0, 0.05) is 25.2 Å². The smallest absolute Gasteiger partial charge is 0.256 e. The zero-order valence-corrected chi connectivity index (χ0v) is 24.6. The summed E-state index contributed by atoms with van der Waals surface area (Å²) in [5, 5.41) is 2.90. The van der Waals surface area contributed by atoms with Crippen molar-refractivity contribution in [3.8, 4) is 0 Å². The second-order valence-corrected chi connectivity index (χ2v) is 11.0. The first-order valence-corrected chi connectivity index (χ1v) is 15.0. The van der Waals surface area contributed by atoms with E-state index in [0.717, 1.165) is 16.7 Å². The van der Waals surface area contributed by atoms with Crippen molar-refractivity contribution in [3.05, 3.63) is 156 Å². The fraction of sp³-hybridized carbons (Fsp3) is 0.167. The van der Waals surface area contributed by atoms with E-state index in [1.54, 1.807) is 18.5 Å². The Kier molecular flexibility index (Phi) is 7.87. The summed E-state index contributed by atoms with van der Waals surface area (Å²) in [5.41, 5.74) is 10.7. The number of aromatic nitrogens is 4. The molecule has 6 aromatic rings. The number of benzene rings is 4. The molecule has 1 fully saturated rings. The predicted molar refractivity (Wildman–Crippen MR) is 173 cm³/mol. The van der Waals surface area contributed by atoms with E-state index in [0.29, 0.717) is 42.2 Å². The van der Waals surface area contributed by atoms with Crippen molar-refractivity contribution >= 4 is 22.9 Å². The molecule has 0 bridgehead atoms. The first-order chi connectivity index (χ1) is 22.2. The molecule has 2 unspecified atom stereocenters. The van der Waals surface area contributed by atoms with Crippen molar-refractivity contribution in [1.29, 1.82) is 0 Å². The summed E-state index contributed by atoms with van der Waals surface area (Å²) in [6.45, 7) is 1.45. The average molecular weight is 596 g/mol. The van der Waals surface area contributed by atoms with Gasteiger partial charge in [0.25, 0.3) is 5.91 Å². The van der Waals surface area contributed by atoms with Crippen molar-refractivity contribution in [2.24, 2.45) is 5.73 Å². The maximum absolute atomic E-state index is 13.0. The highest BCUT2D eigenvalue weighted by molar-refractivity contribution is 6.06. The molecule has 0 saturated carbocycles. The van der Waals surface area contributed by atoms with Crippen LogP contribution in [0, 0.1) is 0 Å². The number of nitrogens with zero attached hydrogens (tertiary/aromatic N) is 5. The molecule has 2 atom stereocenters. The van der Waals surface area contributed by atoms with Gasteiger partial charge in [0.1, 0.15) is 12.6 Å². The monoisotopic (exact) mass is 595 g/mol. The van der Waals surface area contributed by atoms with Crippen LogP contribution in [0.5, 0.6) is 0 Å². The number of carbonyl (C=O) groups is 1. The van der Waals surface area contributed by atoms with Gasteiger partial charge < -0.3 is 15.8 Å². The third kappa shape index (κ3) is 5.27. The standard InChI is InChI=1S/C36H33N7O2/c37-21-30-22-42(36(27-15-7-2-8-16-27,28-17-9-3-10-18-28)29-19-11-4-12-20-29)23-31(45-30)43-25-40-32-33(38-24-39-34(32)43)41-35(44)26-13-5-1-6-14-26/h1-20,24-25,30-31H,21-23,37H2,(H,38,39,41,44). The van der Waals surface area contributed by atoms with Gasteiger partial charge in [-0.3, -0.25) is 14.3 Å². The predicted octanol–water partition coefficient (Wildman–Crippen LogP) is 5.23. The van der Waals surface area contributed by atoms with Gasteiger partial charge in [0.15, 0.2) is 17.0 Å². The van der Waals surface area contributed by atoms with Gasteiger partial charge in [-0.1, -0.05) is 109 Å². The lowest BCUT2D eigenvalue weighted by molar-refractivity contribution is -0.131. The van der Waals surface area contributed by atoms with Crippen LogP contribution in [-0.2, 0) is 10.3 Å². The van der Waals surface area contributed by atoms with Crippen LogP contribution in [0.2, 0.25) is 0 Å². The van der Waals surface area contributed by atoms with Crippen molar-refractivity contribution < 1.29 is 9.53 Å². The number of nitrogens with two attached hydrogens (primary N) is 1. The lowest BCUT2D eigenvalue weighted by Crippen LogP contribution is -2.57. The molecular weight excluding hydrogens is 562 g/mol. The van der Waals surface area contributed by atoms with Gasteiger partial charge in [-0.05, 0) is 28.8 Å². The van der Waals surface area contributed by atoms with Crippen LogP contribution in [0.25, 0.3) is 11.2 Å². The summed E-state index contributed by atoms with van der Waals surface area (Å²) in [7, 11) is 0. The summed E-state index contributed by atoms with van der Waals surface area (Å²) in [6, 6.07) is 40.7. The second kappa shape index (κ2) is 12.4. The summed E-state index contributed by atoms with van der Waals surface area (Å²) in [6.07, 6.45) is 2.40. The van der Waals surface area contributed by atoms with Gasteiger partial charge in [-0.2, -0.15) is 0 Å². The number of ether oxygens (including phenoxy) is 1. The summed E-state index contributed by atoms with van der Waals surface area (Å²) >= 11 is 0. The molecule has 9 nitrogen and oxygen atoms in total. The number of rotatable bonds is 8. The normalized spacial score (nSPS) is 17.3. The minimum absolute atomic E-state index is 0.268. The van der Waals surface area contributed by atoms with Crippen LogP contribution < -0.4 is 11.1 Å². The highest BCUT2D eigenvalue weighted by Crippen LogP contribution is 2.44. The Morgan fingerprint density at radius 2 is 1.33 bits per heavy atom. The molecule has 7 rings (SSSR count). The maximum Gasteiger partial charge on any atom is 0.256 e. The molecule has 3 heterocycles. The van der Waals surface area contributed by atoms with Gasteiger partial charge in [-0.15, -0.1) is 0 Å². The molecule has 3 N–H and O–H groups in total. The molecule has 0 radical (unpaired) electrons. The molecule has 0 aliphatic carbocycles. The second-order valence-electron chi connectivity index (χ2n) is 11.0. The van der Waals surface area contributed by atoms with Gasteiger partial charge in [-0.25, -0.2) is 15.0 Å². The fourth-order valence-corrected chi connectivity index (χ4v) is 6.38. The molecule has 9 heteroatoms. The lowest BCUT2D eigenvalue weighted by atomic mass is 9.75. The number of hydrogen-bond donors (Lipinski definition) is 2. The highest BCUT2D eigenvalue weighted by atomic mass is 16.5. The third-order valence-electron chi connectivity index (χ3n) is 8.40. The Morgan fingerprint density at radius 1 is 0.778 bits per heavy atom. The summed E-state index contributed by atoms with van der Waals surface area (Å²) in [5.74, 6) is 0.0645. The number of anilines is 1. The molecule has 1 amide bonds. The first-order valence-electron chi connectivity index (χ1n) is 15.0. The maximum atomic E-state index is 13.0. The summed E-state index contributed by atoms with van der Waals surface area (Å²) < 4.78 is 8.53. The number of carbonyl (C=O) groups excluding carboxylic acids is 1. The van der Waals surface area contributed by atoms with Crippen LogP contribution in [0.3, 0.4) is 0 Å². The fourth-order valence-electron chi connectivity index (χ4n) is 6.38. The minimum Gasteiger partial charge on any atom is -0.351 e. The van der Waals surface area contributed by atoms with E-state index < -0.39 is 11.8 Å². The first kappa shape index (κ1) is 28.5. The van der Waals surface area contributed by atoms with Crippen molar-refractivity contribution in [2.45, 2.75) is 17.9 Å². The highest BCUT2D eigenvalue weighted by Gasteiger charge is 2.46. The molecule has 2 aromatic heterocycles. The Labute approximate surface area is 261 Å². The van der Waals surface area contributed by atoms with E-state index in [2.05, 4.69) is 98.0 Å². The van der Waals surface area contributed by atoms with E-state index in [4.69, 9.17) is 10.5 Å². The van der Waals surface area contributed by atoms with Crippen molar-refractivity contribution in [1.82, 2.24) is 24.4 Å². The summed E-state index contributed by atoms with van der Waals surface area (Å²) in [4.78, 5) is 29.0. The Bertz CT molecular complexity index is 1790. The lowest BCUT2D eigenvalue weighted by Gasteiger charge is -2.50. The number of fused-ring (bicyclic) bond motifs is 1. The topological polar surface area (TPSA) is 111 Å². The van der Waals surface area contributed by atoms with E-state index in [-0.39, 0.29) is 12.0 Å². The van der Waals surface area contributed by atoms with Crippen LogP contribution in [-0.4, -0.2) is 56.1 Å². The Morgan fingerprint density at radius 3 is 1.89 bits per heavy atom. The molecule has 0 spiro atoms. The third-order valence-corrected chi connectivity index (χ3v) is 8.40. The number of hydrogen-bond acceptors (Lipinski definition) is 7. The van der Waals surface area contributed by atoms with Gasteiger partial charge >= 0.3 is 0 Å². The van der Waals surface area contributed by atoms with E-state index in [1.807, 2.05) is 41.0 Å². The SMILES string of the molecule is NCC1CN(C(c2ccccc2)(c2ccccc2)c2ccccc2)CC(n2cnc3c(NC(=O)c4ccccc4)ncnc32)O1. The van der Waals surface area contributed by atoms with E-state index in [1.165, 1.54) is 6.33 Å². The van der Waals surface area contributed by atoms with Crippen LogP contribution in [0.15, 0.2) is 134 Å². The molecular formula is C36H33N7O2. The molecule has 1 saturated heterocycles. The van der Waals surface area contributed by atoms with Crippen molar-refractivity contribution in [3.63, 3.8) is 0 Å². The van der Waals surface area contributed by atoms with Gasteiger partial charge in [0.2, 0.25) is 0 Å². The number of morpholine rings is 1. The van der Waals surface area contributed by atoms with Crippen LogP contribution in [0.1, 0.15) is 33.3 Å². The Balaban J connectivity index is 1.32. The molecule has 224 valence electrons. The number of nitrogens with one attached hydrogen (secondary N) is 1. The van der Waals surface area contributed by atoms with Gasteiger partial charge in [0.05, 0.1) is 18.0 Å².